The zero-order valence-corrected chi connectivity index (χ0v) is 28.6. The molecule has 0 radical (unpaired) electrons. The van der Waals surface area contributed by atoms with Crippen LogP contribution in [0.1, 0.15) is 78.0 Å². The van der Waals surface area contributed by atoms with Gasteiger partial charge in [0.05, 0.1) is 10.9 Å². The molecule has 3 aromatic rings. The van der Waals surface area contributed by atoms with E-state index in [1.54, 1.807) is 11.8 Å². The largest absolute Gasteiger partial charge is 0.385 e. The van der Waals surface area contributed by atoms with Crippen LogP contribution in [0.15, 0.2) is 77.3 Å². The molecule has 1 aliphatic heterocycles. The van der Waals surface area contributed by atoms with E-state index in [-0.39, 0.29) is 11.6 Å². The molecule has 6 N–H and O–H groups in total. The first kappa shape index (κ1) is 32.3. The number of pyridine rings is 1. The maximum absolute atomic E-state index is 6.55. The van der Waals surface area contributed by atoms with Crippen molar-refractivity contribution in [3.63, 3.8) is 0 Å². The van der Waals surface area contributed by atoms with Gasteiger partial charge in [-0.2, -0.15) is 10.1 Å². The molecule has 3 unspecified atom stereocenters. The highest BCUT2D eigenvalue weighted by atomic mass is 32.1. The van der Waals surface area contributed by atoms with Crippen molar-refractivity contribution < 1.29 is 0 Å². The summed E-state index contributed by atoms with van der Waals surface area (Å²) in [6.45, 7) is 13.9. The quantitative estimate of drug-likeness (QED) is 0.148. The molecule has 2 aliphatic carbocycles. The Balaban J connectivity index is 0.00000128. The number of nitrogens with one attached hydrogen (secondary N) is 2. The van der Waals surface area contributed by atoms with E-state index in [0.717, 1.165) is 35.6 Å². The van der Waals surface area contributed by atoms with Crippen LogP contribution in [-0.2, 0) is 6.54 Å². The van der Waals surface area contributed by atoms with Crippen LogP contribution in [0, 0.1) is 18.3 Å². The highest BCUT2D eigenvalue weighted by molar-refractivity contribution is 7.22. The van der Waals surface area contributed by atoms with Gasteiger partial charge in [0.2, 0.25) is 0 Å². The monoisotopic (exact) mass is 627 g/mol. The highest BCUT2D eigenvalue weighted by Crippen LogP contribution is 2.52. The van der Waals surface area contributed by atoms with Crippen LogP contribution in [0.3, 0.4) is 0 Å². The van der Waals surface area contributed by atoms with E-state index in [4.69, 9.17) is 16.6 Å². The number of aromatic nitrogens is 4. The molecule has 6 rings (SSSR count). The number of nitrogens with two attached hydrogens (primary N) is 2. The van der Waals surface area contributed by atoms with Gasteiger partial charge in [0, 0.05) is 42.3 Å². The van der Waals surface area contributed by atoms with Crippen molar-refractivity contribution >= 4 is 32.4 Å². The lowest BCUT2D eigenvalue weighted by Crippen LogP contribution is -2.44. The normalized spacial score (nSPS) is 23.0. The van der Waals surface area contributed by atoms with Gasteiger partial charge in [-0.15, -0.1) is 0 Å². The van der Waals surface area contributed by atoms with E-state index >= 15 is 0 Å². The van der Waals surface area contributed by atoms with Gasteiger partial charge < -0.3 is 27.0 Å². The zero-order valence-electron chi connectivity index (χ0n) is 27.8. The molecular weight excluding hydrogens is 579 g/mol. The molecule has 10 heteroatoms. The third-order valence-electron chi connectivity index (χ3n) is 8.83. The maximum Gasteiger partial charge on any atom is 0.190 e. The molecule has 9 nitrogen and oxygen atoms in total. The van der Waals surface area contributed by atoms with Crippen molar-refractivity contribution in [1.29, 1.82) is 0 Å². The fourth-order valence-electron chi connectivity index (χ4n) is 6.06. The standard InChI is InChI=1S/C32H41N9S.C3H8/c1-6-25-23(24-17-36-41(20(24)3)18-32(4)12-11-21-15-22(21)16-32)9-10-28(37-25)40(5)27(33)14-19(2)29(34)38-31-39-30-26(42-31)8-7-13-35-30;1-3-2/h7-11,13-14,17,22,28,37H,6,12,15-16,18,33-34H2,1-5H3,(H,35,38,39);3H2,1-2H3/b27-14+,29-19+;. The number of hydrogen-bond acceptors (Lipinski definition) is 9. The average Bonchev–Trinajstić information content (AvgIpc) is 3.52. The third-order valence-corrected chi connectivity index (χ3v) is 9.76. The summed E-state index contributed by atoms with van der Waals surface area (Å²) in [4.78, 5) is 10.8. The number of fused-ring (bicyclic) bond motifs is 2. The van der Waals surface area contributed by atoms with E-state index < -0.39 is 0 Å². The van der Waals surface area contributed by atoms with Gasteiger partial charge in [-0.1, -0.05) is 63.2 Å². The molecule has 0 amide bonds. The predicted octanol–water partition coefficient (Wildman–Crippen LogP) is 7.00. The van der Waals surface area contributed by atoms with Crippen LogP contribution in [-0.4, -0.2) is 37.9 Å². The molecule has 240 valence electrons. The highest BCUT2D eigenvalue weighted by Gasteiger charge is 2.41. The van der Waals surface area contributed by atoms with E-state index in [1.165, 1.54) is 53.1 Å². The summed E-state index contributed by atoms with van der Waals surface area (Å²) in [5.41, 5.74) is 21.2. The fraction of sp³-hybridized carbons (Fsp3) is 0.457. The maximum atomic E-state index is 6.55. The van der Waals surface area contributed by atoms with Crippen molar-refractivity contribution in [1.82, 2.24) is 30.0 Å². The van der Waals surface area contributed by atoms with Crippen molar-refractivity contribution in [2.75, 3.05) is 12.4 Å². The molecule has 3 aliphatic rings. The van der Waals surface area contributed by atoms with Crippen molar-refractivity contribution in [2.45, 2.75) is 86.4 Å². The Kier molecular flexibility index (Phi) is 9.72. The minimum Gasteiger partial charge on any atom is -0.385 e. The van der Waals surface area contributed by atoms with E-state index in [0.29, 0.717) is 22.4 Å². The van der Waals surface area contributed by atoms with Gasteiger partial charge in [0.15, 0.2) is 10.8 Å². The Morgan fingerprint density at radius 1 is 1.29 bits per heavy atom. The number of dihydropyridines is 1. The first-order chi connectivity index (χ1) is 21.6. The molecule has 0 bridgehead atoms. The lowest BCUT2D eigenvalue weighted by molar-refractivity contribution is 0.222. The summed E-state index contributed by atoms with van der Waals surface area (Å²) in [5, 5.41) is 12.4. The third kappa shape index (κ3) is 7.27. The lowest BCUT2D eigenvalue weighted by atomic mass is 9.78. The van der Waals surface area contributed by atoms with E-state index in [2.05, 4.69) is 78.1 Å². The summed E-state index contributed by atoms with van der Waals surface area (Å²) in [6, 6.07) is 3.89. The second-order valence-corrected chi connectivity index (χ2v) is 13.9. The molecule has 4 heterocycles. The molecule has 3 atom stereocenters. The molecular formula is C35H49N9S. The fourth-order valence-corrected chi connectivity index (χ4v) is 6.89. The van der Waals surface area contributed by atoms with Crippen LogP contribution in [0.5, 0.6) is 0 Å². The Morgan fingerprint density at radius 2 is 2.07 bits per heavy atom. The summed E-state index contributed by atoms with van der Waals surface area (Å²) < 4.78 is 3.21. The minimum atomic E-state index is -0.0895. The summed E-state index contributed by atoms with van der Waals surface area (Å²) in [7, 11) is 1.98. The van der Waals surface area contributed by atoms with Crippen LogP contribution < -0.4 is 22.1 Å². The minimum absolute atomic E-state index is 0.0895. The van der Waals surface area contributed by atoms with Crippen molar-refractivity contribution in [2.24, 2.45) is 22.8 Å². The number of nitrogens with zero attached hydrogens (tertiary/aromatic N) is 5. The van der Waals surface area contributed by atoms with Crippen LogP contribution in [0.4, 0.5) is 5.13 Å². The number of allylic oxidation sites excluding steroid dienone is 7. The summed E-state index contributed by atoms with van der Waals surface area (Å²) in [5.74, 6) is 1.91. The summed E-state index contributed by atoms with van der Waals surface area (Å²) in [6.07, 6.45) is 18.2. The molecule has 1 saturated carbocycles. The molecule has 45 heavy (non-hydrogen) atoms. The van der Waals surface area contributed by atoms with Gasteiger partial charge in [0.1, 0.15) is 17.8 Å². The van der Waals surface area contributed by atoms with E-state index in [1.807, 2.05) is 43.3 Å². The van der Waals surface area contributed by atoms with Gasteiger partial charge in [-0.25, -0.2) is 4.98 Å². The number of anilines is 1. The average molecular weight is 628 g/mol. The van der Waals surface area contributed by atoms with Crippen molar-refractivity contribution in [3.05, 3.63) is 88.6 Å². The lowest BCUT2D eigenvalue weighted by Gasteiger charge is -2.33. The zero-order chi connectivity index (χ0) is 32.3. The van der Waals surface area contributed by atoms with Gasteiger partial charge >= 0.3 is 0 Å². The van der Waals surface area contributed by atoms with E-state index in [9.17, 15) is 0 Å². The molecule has 0 aromatic carbocycles. The second kappa shape index (κ2) is 13.5. The SMILES string of the molecule is CCC.CCC1=C(c2cnn(CC3(C)CC=C4CC4C3)c2C)C=CC(N(C)/C(N)=C/C(C)=C(\N)Nc2nc3ncccc3s2)N1. The Hall–Kier alpha value is -4.05. The molecule has 3 aromatic heterocycles. The first-order valence-corrected chi connectivity index (χ1v) is 16.9. The van der Waals surface area contributed by atoms with Gasteiger partial charge in [-0.05, 0) is 80.7 Å². The summed E-state index contributed by atoms with van der Waals surface area (Å²) >= 11 is 1.51. The van der Waals surface area contributed by atoms with Crippen LogP contribution in [0.2, 0.25) is 0 Å². The Bertz CT molecular complexity index is 1650. The van der Waals surface area contributed by atoms with Gasteiger partial charge in [0.25, 0.3) is 0 Å². The van der Waals surface area contributed by atoms with Crippen LogP contribution in [0.25, 0.3) is 15.9 Å². The topological polar surface area (TPSA) is 123 Å². The predicted molar refractivity (Wildman–Crippen MR) is 188 cm³/mol. The van der Waals surface area contributed by atoms with Gasteiger partial charge in [-0.3, -0.25) is 4.68 Å². The second-order valence-electron chi connectivity index (χ2n) is 12.8. The molecule has 0 saturated heterocycles. The molecule has 1 fully saturated rings. The van der Waals surface area contributed by atoms with Crippen molar-refractivity contribution in [3.8, 4) is 0 Å². The number of thiazole rings is 1. The van der Waals surface area contributed by atoms with Crippen LogP contribution >= 0.6 is 11.3 Å². The smallest absolute Gasteiger partial charge is 0.190 e. The number of rotatable bonds is 9. The number of likely N-dealkylation sites (N-methyl/N-ethyl adjacent to an activating group) is 1. The first-order valence-electron chi connectivity index (χ1n) is 16.1. The number of hydrogen-bond donors (Lipinski definition) is 4. The Labute approximate surface area is 271 Å². The Morgan fingerprint density at radius 3 is 2.78 bits per heavy atom. The molecule has 0 spiro atoms.